The zero-order chi connectivity index (χ0) is 17.5. The van der Waals surface area contributed by atoms with Crippen LogP contribution in [0.5, 0.6) is 0 Å². The highest BCUT2D eigenvalue weighted by Gasteiger charge is 2.16. The number of hydrogen-bond acceptors (Lipinski definition) is 4. The Hall–Kier alpha value is -2.63. The first-order valence-corrected chi connectivity index (χ1v) is 7.98. The van der Waals surface area contributed by atoms with Crippen molar-refractivity contribution >= 4 is 23.5 Å². The predicted molar refractivity (Wildman–Crippen MR) is 90.6 cm³/mol. The van der Waals surface area contributed by atoms with Crippen LogP contribution in [0, 0.1) is 0 Å². The molecule has 0 atom stereocenters. The fourth-order valence-electron chi connectivity index (χ4n) is 2.61. The molecule has 0 heterocycles. The summed E-state index contributed by atoms with van der Waals surface area (Å²) in [5.74, 6) is -1.04. The molecule has 1 fully saturated rings. The Kier molecular flexibility index (Phi) is 6.12. The van der Waals surface area contributed by atoms with Crippen molar-refractivity contribution in [3.63, 3.8) is 0 Å². The van der Waals surface area contributed by atoms with E-state index in [1.807, 2.05) is 0 Å². The average molecular weight is 330 g/mol. The van der Waals surface area contributed by atoms with E-state index in [4.69, 9.17) is 0 Å². The first-order chi connectivity index (χ1) is 11.5. The van der Waals surface area contributed by atoms with Gasteiger partial charge in [-0.15, -0.1) is 0 Å². The van der Waals surface area contributed by atoms with E-state index in [0.717, 1.165) is 25.7 Å². The van der Waals surface area contributed by atoms with Crippen LogP contribution in [0.25, 0.3) is 0 Å². The first kappa shape index (κ1) is 17.7. The van der Waals surface area contributed by atoms with Crippen molar-refractivity contribution in [2.24, 2.45) is 0 Å². The Labute approximate surface area is 141 Å². The molecule has 128 valence electrons. The van der Waals surface area contributed by atoms with Crippen molar-refractivity contribution in [1.29, 1.82) is 0 Å². The summed E-state index contributed by atoms with van der Waals surface area (Å²) in [5.41, 5.74) is 1.26. The van der Waals surface area contributed by atoms with Crippen LogP contribution < -0.4 is 10.6 Å². The Morgan fingerprint density at radius 1 is 1.12 bits per heavy atom. The minimum atomic E-state index is -0.437. The van der Waals surface area contributed by atoms with E-state index in [0.29, 0.717) is 16.8 Å². The molecular formula is C18H22N2O4. The average Bonchev–Trinajstić information content (AvgIpc) is 3.07. The number of nitrogens with one attached hydrogen (secondary N) is 2. The van der Waals surface area contributed by atoms with E-state index in [1.165, 1.54) is 13.2 Å². The van der Waals surface area contributed by atoms with E-state index >= 15 is 0 Å². The van der Waals surface area contributed by atoms with Crippen molar-refractivity contribution in [3.8, 4) is 0 Å². The first-order valence-electron chi connectivity index (χ1n) is 7.98. The lowest BCUT2D eigenvalue weighted by Crippen LogP contribution is -2.31. The van der Waals surface area contributed by atoms with Gasteiger partial charge in [0.05, 0.1) is 12.7 Å². The van der Waals surface area contributed by atoms with Gasteiger partial charge < -0.3 is 15.4 Å². The summed E-state index contributed by atoms with van der Waals surface area (Å²) < 4.78 is 4.61. The largest absolute Gasteiger partial charge is 0.465 e. The number of esters is 1. The van der Waals surface area contributed by atoms with Crippen LogP contribution in [0.1, 0.15) is 43.0 Å². The minimum absolute atomic E-state index is 0.218. The molecule has 6 heteroatoms. The molecule has 2 N–H and O–H groups in total. The normalized spacial score (nSPS) is 15.0. The molecule has 0 unspecified atom stereocenters. The highest BCUT2D eigenvalue weighted by atomic mass is 16.5. The van der Waals surface area contributed by atoms with Crippen LogP contribution in [0.2, 0.25) is 0 Å². The summed E-state index contributed by atoms with van der Waals surface area (Å²) >= 11 is 0. The number of rotatable bonds is 5. The quantitative estimate of drug-likeness (QED) is 0.641. The smallest absolute Gasteiger partial charge is 0.337 e. The van der Waals surface area contributed by atoms with E-state index in [2.05, 4.69) is 15.4 Å². The SMILES string of the molecule is COC(=O)c1ccc(NC(=O)/C(C)=C/C(=O)NC2CCCC2)cc1. The van der Waals surface area contributed by atoms with Crippen LogP contribution in [0.3, 0.4) is 0 Å². The summed E-state index contributed by atoms with van der Waals surface area (Å²) in [5, 5.41) is 5.59. The van der Waals surface area contributed by atoms with E-state index in [-0.39, 0.29) is 17.9 Å². The number of ether oxygens (including phenoxy) is 1. The molecule has 0 radical (unpaired) electrons. The van der Waals surface area contributed by atoms with Crippen LogP contribution in [0.15, 0.2) is 35.9 Å². The monoisotopic (exact) mass is 330 g/mol. The van der Waals surface area contributed by atoms with Crippen LogP contribution in [-0.4, -0.2) is 30.9 Å². The molecule has 0 aliphatic heterocycles. The van der Waals surface area contributed by atoms with Gasteiger partial charge in [-0.25, -0.2) is 4.79 Å². The van der Waals surface area contributed by atoms with Crippen LogP contribution in [-0.2, 0) is 14.3 Å². The zero-order valence-corrected chi connectivity index (χ0v) is 13.9. The molecule has 1 aromatic carbocycles. The lowest BCUT2D eigenvalue weighted by molar-refractivity contribution is -0.118. The maximum Gasteiger partial charge on any atom is 0.337 e. The van der Waals surface area contributed by atoms with Gasteiger partial charge in [-0.2, -0.15) is 0 Å². The fraction of sp³-hybridized carbons (Fsp3) is 0.389. The molecule has 1 aromatic rings. The van der Waals surface area contributed by atoms with Gasteiger partial charge in [0, 0.05) is 23.4 Å². The van der Waals surface area contributed by atoms with Crippen molar-refractivity contribution < 1.29 is 19.1 Å². The molecule has 1 aliphatic carbocycles. The summed E-state index contributed by atoms with van der Waals surface area (Å²) in [4.78, 5) is 35.4. The molecule has 0 aromatic heterocycles. The topological polar surface area (TPSA) is 84.5 Å². The molecule has 2 rings (SSSR count). The highest BCUT2D eigenvalue weighted by Crippen LogP contribution is 2.17. The third-order valence-electron chi connectivity index (χ3n) is 3.97. The third kappa shape index (κ3) is 4.94. The third-order valence-corrected chi connectivity index (χ3v) is 3.97. The molecule has 0 bridgehead atoms. The van der Waals surface area contributed by atoms with Gasteiger partial charge in [-0.05, 0) is 44.0 Å². The fourth-order valence-corrected chi connectivity index (χ4v) is 2.61. The maximum atomic E-state index is 12.1. The molecule has 2 amide bonds. The molecule has 0 saturated heterocycles. The van der Waals surface area contributed by atoms with Gasteiger partial charge in [0.15, 0.2) is 0 Å². The summed E-state index contributed by atoms with van der Waals surface area (Å²) in [6.45, 7) is 1.59. The molecule has 1 aliphatic rings. The number of hydrogen-bond donors (Lipinski definition) is 2. The van der Waals surface area contributed by atoms with Gasteiger partial charge in [-0.1, -0.05) is 12.8 Å². The van der Waals surface area contributed by atoms with Gasteiger partial charge >= 0.3 is 5.97 Å². The Bertz CT molecular complexity index is 643. The Morgan fingerprint density at radius 2 is 1.75 bits per heavy atom. The molecular weight excluding hydrogens is 308 g/mol. The molecule has 1 saturated carbocycles. The predicted octanol–water partition coefficient (Wildman–Crippen LogP) is 2.42. The summed E-state index contributed by atoms with van der Waals surface area (Å²) in [7, 11) is 1.31. The zero-order valence-electron chi connectivity index (χ0n) is 13.9. The van der Waals surface area contributed by atoms with E-state index < -0.39 is 5.97 Å². The number of carbonyl (C=O) groups is 3. The Balaban J connectivity index is 1.91. The van der Waals surface area contributed by atoms with Crippen molar-refractivity contribution in [1.82, 2.24) is 5.32 Å². The van der Waals surface area contributed by atoms with Crippen molar-refractivity contribution in [2.75, 3.05) is 12.4 Å². The van der Waals surface area contributed by atoms with Gasteiger partial charge in [-0.3, -0.25) is 9.59 Å². The van der Waals surface area contributed by atoms with Gasteiger partial charge in [0.1, 0.15) is 0 Å². The van der Waals surface area contributed by atoms with Crippen LogP contribution >= 0.6 is 0 Å². The van der Waals surface area contributed by atoms with Crippen molar-refractivity contribution in [2.45, 2.75) is 38.6 Å². The lowest BCUT2D eigenvalue weighted by Gasteiger charge is -2.10. The van der Waals surface area contributed by atoms with Crippen molar-refractivity contribution in [3.05, 3.63) is 41.5 Å². The van der Waals surface area contributed by atoms with Gasteiger partial charge in [0.25, 0.3) is 5.91 Å². The standard InChI is InChI=1S/C18H22N2O4/c1-12(11-16(21)19-14-5-3-4-6-14)17(22)20-15-9-7-13(8-10-15)18(23)24-2/h7-11,14H,3-6H2,1-2H3,(H,19,21)(H,20,22)/b12-11+. The Morgan fingerprint density at radius 3 is 2.33 bits per heavy atom. The van der Waals surface area contributed by atoms with E-state index in [1.54, 1.807) is 31.2 Å². The summed E-state index contributed by atoms with van der Waals surface area (Å²) in [6.07, 6.45) is 5.58. The van der Waals surface area contributed by atoms with E-state index in [9.17, 15) is 14.4 Å². The molecule has 0 spiro atoms. The van der Waals surface area contributed by atoms with Gasteiger partial charge in [0.2, 0.25) is 5.91 Å². The summed E-state index contributed by atoms with van der Waals surface area (Å²) in [6, 6.07) is 6.56. The second kappa shape index (κ2) is 8.29. The number of amides is 2. The lowest BCUT2D eigenvalue weighted by atomic mass is 10.2. The number of carbonyl (C=O) groups excluding carboxylic acids is 3. The number of methoxy groups -OCH3 is 1. The van der Waals surface area contributed by atoms with Crippen LogP contribution in [0.4, 0.5) is 5.69 Å². The second-order valence-electron chi connectivity index (χ2n) is 5.84. The molecule has 24 heavy (non-hydrogen) atoms. The minimum Gasteiger partial charge on any atom is -0.465 e. The number of anilines is 1. The number of benzene rings is 1. The maximum absolute atomic E-state index is 12.1. The highest BCUT2D eigenvalue weighted by molar-refractivity contribution is 6.07. The second-order valence-corrected chi connectivity index (χ2v) is 5.84. The molecule has 6 nitrogen and oxygen atoms in total.